The predicted octanol–water partition coefficient (Wildman–Crippen LogP) is -0.0612. The summed E-state index contributed by atoms with van der Waals surface area (Å²) >= 11 is 1.38. The van der Waals surface area contributed by atoms with E-state index in [4.69, 9.17) is 10.2 Å². The maximum atomic E-state index is 10.6. The first-order valence-corrected chi connectivity index (χ1v) is 5.68. The van der Waals surface area contributed by atoms with Gasteiger partial charge in [0.05, 0.1) is 0 Å². The number of hydrogen-bond acceptors (Lipinski definition) is 5. The quantitative estimate of drug-likeness (QED) is 0.565. The zero-order valence-corrected chi connectivity index (χ0v) is 8.68. The van der Waals surface area contributed by atoms with Crippen LogP contribution in [0.3, 0.4) is 0 Å². The minimum Gasteiger partial charge on any atom is -0.480 e. The van der Waals surface area contributed by atoms with Crippen LogP contribution in [0, 0.1) is 0 Å². The summed E-state index contributed by atoms with van der Waals surface area (Å²) in [5.41, 5.74) is 0. The lowest BCUT2D eigenvalue weighted by Crippen LogP contribution is -2.48. The Morgan fingerprint density at radius 3 is 1.85 bits per heavy atom. The molecule has 0 radical (unpaired) electrons. The molecule has 0 aromatic carbocycles. The minimum atomic E-state index is -2.27. The van der Waals surface area contributed by atoms with Crippen LogP contribution < -0.4 is 0 Å². The van der Waals surface area contributed by atoms with E-state index >= 15 is 0 Å². The number of carbonyl (C=O) groups is 2. The second-order valence-electron chi connectivity index (χ2n) is 2.16. The molecule has 13 heavy (non-hydrogen) atoms. The number of aliphatic hydroxyl groups is 1. The van der Waals surface area contributed by atoms with Crippen LogP contribution in [-0.2, 0) is 9.59 Å². The van der Waals surface area contributed by atoms with Crippen molar-refractivity contribution in [1.29, 1.82) is 0 Å². The first-order valence-electron chi connectivity index (χ1n) is 3.16. The molecule has 0 aliphatic carbocycles. The van der Waals surface area contributed by atoms with E-state index in [0.29, 0.717) is 11.8 Å². The molecular weight excluding hydrogens is 216 g/mol. The van der Waals surface area contributed by atoms with Gasteiger partial charge in [-0.1, -0.05) is 0 Å². The SMILES string of the molecule is CSC(C(=O)O)C(O)(SC)C(=O)O. The van der Waals surface area contributed by atoms with Crippen LogP contribution >= 0.6 is 23.5 Å². The van der Waals surface area contributed by atoms with Gasteiger partial charge >= 0.3 is 11.9 Å². The Labute approximate surface area is 83.5 Å². The first kappa shape index (κ1) is 12.6. The number of rotatable bonds is 5. The fourth-order valence-corrected chi connectivity index (χ4v) is 2.42. The van der Waals surface area contributed by atoms with Crippen LogP contribution in [0.15, 0.2) is 0 Å². The van der Waals surface area contributed by atoms with Gasteiger partial charge in [-0.3, -0.25) is 4.79 Å². The van der Waals surface area contributed by atoms with E-state index in [-0.39, 0.29) is 0 Å². The van der Waals surface area contributed by atoms with Gasteiger partial charge in [0.1, 0.15) is 0 Å². The molecule has 0 saturated carbocycles. The first-order chi connectivity index (χ1) is 5.90. The van der Waals surface area contributed by atoms with Crippen molar-refractivity contribution in [2.45, 2.75) is 10.2 Å². The van der Waals surface area contributed by atoms with Crippen molar-refractivity contribution >= 4 is 35.5 Å². The molecule has 0 spiro atoms. The van der Waals surface area contributed by atoms with E-state index in [1.807, 2.05) is 0 Å². The molecule has 7 heteroatoms. The van der Waals surface area contributed by atoms with E-state index in [1.54, 1.807) is 0 Å². The topological polar surface area (TPSA) is 94.8 Å². The Hall–Kier alpha value is -0.400. The van der Waals surface area contributed by atoms with Crippen LogP contribution in [0.5, 0.6) is 0 Å². The van der Waals surface area contributed by atoms with Crippen molar-refractivity contribution in [1.82, 2.24) is 0 Å². The predicted molar refractivity (Wildman–Crippen MR) is 51.0 cm³/mol. The average molecular weight is 226 g/mol. The fraction of sp³-hybridized carbons (Fsp3) is 0.667. The number of carboxylic acid groups (broad SMARTS) is 2. The van der Waals surface area contributed by atoms with Crippen LogP contribution in [0.2, 0.25) is 0 Å². The molecule has 0 aromatic rings. The van der Waals surface area contributed by atoms with Crippen molar-refractivity contribution < 1.29 is 24.9 Å². The van der Waals surface area contributed by atoms with Crippen LogP contribution in [0.1, 0.15) is 0 Å². The van der Waals surface area contributed by atoms with E-state index < -0.39 is 22.1 Å². The maximum absolute atomic E-state index is 10.6. The summed E-state index contributed by atoms with van der Waals surface area (Å²) in [4.78, 5) is 18.9. The molecule has 0 saturated heterocycles. The molecule has 0 heterocycles. The van der Waals surface area contributed by atoms with Gasteiger partial charge in [0.15, 0.2) is 5.25 Å². The van der Waals surface area contributed by atoms with Crippen molar-refractivity contribution in [3.63, 3.8) is 0 Å². The van der Waals surface area contributed by atoms with Crippen LogP contribution in [0.4, 0.5) is 0 Å². The molecule has 0 rings (SSSR count). The lowest BCUT2D eigenvalue weighted by molar-refractivity contribution is -0.155. The summed E-state index contributed by atoms with van der Waals surface area (Å²) in [6, 6.07) is 0. The maximum Gasteiger partial charge on any atom is 0.348 e. The second-order valence-corrected chi connectivity index (χ2v) is 4.13. The van der Waals surface area contributed by atoms with Gasteiger partial charge in [-0.2, -0.15) is 0 Å². The number of aliphatic carboxylic acids is 2. The smallest absolute Gasteiger partial charge is 0.348 e. The number of carboxylic acids is 2. The van der Waals surface area contributed by atoms with E-state index in [1.165, 1.54) is 12.5 Å². The van der Waals surface area contributed by atoms with E-state index in [9.17, 15) is 14.7 Å². The Morgan fingerprint density at radius 1 is 1.31 bits per heavy atom. The fourth-order valence-electron chi connectivity index (χ4n) is 0.734. The molecule has 0 aromatic heterocycles. The molecule has 3 N–H and O–H groups in total. The molecule has 2 unspecified atom stereocenters. The largest absolute Gasteiger partial charge is 0.480 e. The molecule has 0 aliphatic rings. The third kappa shape index (κ3) is 2.52. The van der Waals surface area contributed by atoms with Gasteiger partial charge in [-0.15, -0.1) is 23.5 Å². The van der Waals surface area contributed by atoms with Gasteiger partial charge in [0.25, 0.3) is 0 Å². The third-order valence-corrected chi connectivity index (χ3v) is 3.63. The highest BCUT2D eigenvalue weighted by molar-refractivity contribution is 8.04. The Bertz CT molecular complexity index is 219. The van der Waals surface area contributed by atoms with Crippen LogP contribution in [0.25, 0.3) is 0 Å². The molecule has 0 fully saturated rings. The van der Waals surface area contributed by atoms with E-state index in [0.717, 1.165) is 11.8 Å². The zero-order valence-electron chi connectivity index (χ0n) is 7.05. The summed E-state index contributed by atoms with van der Waals surface area (Å²) in [7, 11) is 0. The monoisotopic (exact) mass is 226 g/mol. The average Bonchev–Trinajstić information content (AvgIpc) is 2.04. The van der Waals surface area contributed by atoms with Crippen molar-refractivity contribution in [2.24, 2.45) is 0 Å². The Kier molecular flexibility index (Phi) is 4.58. The molecule has 76 valence electrons. The second kappa shape index (κ2) is 4.73. The highest BCUT2D eigenvalue weighted by Crippen LogP contribution is 2.31. The lowest BCUT2D eigenvalue weighted by atomic mass is 10.2. The molecule has 0 aliphatic heterocycles. The molecule has 5 nitrogen and oxygen atoms in total. The third-order valence-electron chi connectivity index (χ3n) is 1.43. The Balaban J connectivity index is 4.91. The summed E-state index contributed by atoms with van der Waals surface area (Å²) in [5, 5.41) is 25.4. The van der Waals surface area contributed by atoms with Gasteiger partial charge in [-0.25, -0.2) is 4.79 Å². The normalized spacial score (nSPS) is 17.5. The summed E-state index contributed by atoms with van der Waals surface area (Å²) in [6.07, 6.45) is 2.78. The number of hydrogen-bond donors (Lipinski definition) is 3. The van der Waals surface area contributed by atoms with Gasteiger partial charge in [-0.05, 0) is 12.5 Å². The van der Waals surface area contributed by atoms with Crippen molar-refractivity contribution in [3.05, 3.63) is 0 Å². The molecule has 2 atom stereocenters. The highest BCUT2D eigenvalue weighted by Gasteiger charge is 2.47. The van der Waals surface area contributed by atoms with Crippen LogP contribution in [-0.4, -0.2) is 50.0 Å². The van der Waals surface area contributed by atoms with Crippen molar-refractivity contribution in [2.75, 3.05) is 12.5 Å². The lowest BCUT2D eigenvalue weighted by Gasteiger charge is -2.25. The number of thioether (sulfide) groups is 2. The summed E-state index contributed by atoms with van der Waals surface area (Å²) < 4.78 is 0. The molecule has 0 amide bonds. The molecular formula is C6H10O5S2. The summed E-state index contributed by atoms with van der Waals surface area (Å²) in [6.45, 7) is 0. The highest BCUT2D eigenvalue weighted by atomic mass is 32.2. The van der Waals surface area contributed by atoms with E-state index in [2.05, 4.69) is 0 Å². The minimum absolute atomic E-state index is 0.596. The summed E-state index contributed by atoms with van der Waals surface area (Å²) in [5.74, 6) is -2.88. The van der Waals surface area contributed by atoms with Crippen molar-refractivity contribution in [3.8, 4) is 0 Å². The van der Waals surface area contributed by atoms with Gasteiger partial charge in [0, 0.05) is 0 Å². The van der Waals surface area contributed by atoms with Gasteiger partial charge < -0.3 is 15.3 Å². The molecule has 0 bridgehead atoms. The zero-order chi connectivity index (χ0) is 10.6. The standard InChI is InChI=1S/C6H10O5S2/c1-12-3(4(7)8)6(11,13-2)5(9)10/h3,11H,1-2H3,(H,7,8)(H,9,10). The Morgan fingerprint density at radius 2 is 1.77 bits per heavy atom. The van der Waals surface area contributed by atoms with Gasteiger partial charge in [0.2, 0.25) is 4.93 Å².